The van der Waals surface area contributed by atoms with E-state index in [1.54, 1.807) is 6.20 Å². The third kappa shape index (κ3) is 7.20. The molecule has 0 spiro atoms. The van der Waals surface area contributed by atoms with Crippen LogP contribution in [-0.2, 0) is 20.8 Å². The summed E-state index contributed by atoms with van der Waals surface area (Å²) in [4.78, 5) is 41.4. The summed E-state index contributed by atoms with van der Waals surface area (Å²) in [5.74, 6) is -2.22. The second-order valence-electron chi connectivity index (χ2n) is 5.33. The van der Waals surface area contributed by atoms with Crippen LogP contribution >= 0.6 is 0 Å². The average molecular weight is 340 g/mol. The summed E-state index contributed by atoms with van der Waals surface area (Å²) < 4.78 is 0. The first-order chi connectivity index (χ1) is 11.4. The minimum atomic E-state index is -1.12. The van der Waals surface area contributed by atoms with Crippen LogP contribution in [0.2, 0.25) is 0 Å². The number of aromatic amines is 1. The summed E-state index contributed by atoms with van der Waals surface area (Å²) in [7, 11) is 0. The molecule has 0 aliphatic heterocycles. The highest BCUT2D eigenvalue weighted by Gasteiger charge is 2.20. The Balaban J connectivity index is 2.34. The Bertz CT molecular complexity index is 533. The van der Waals surface area contributed by atoms with Gasteiger partial charge in [-0.15, -0.1) is 0 Å². The van der Waals surface area contributed by atoms with Crippen LogP contribution in [0.3, 0.4) is 0 Å². The maximum atomic E-state index is 11.8. The maximum Gasteiger partial charge on any atom is 0.326 e. The van der Waals surface area contributed by atoms with Crippen LogP contribution in [0, 0.1) is 0 Å². The molecule has 1 heterocycles. The van der Waals surface area contributed by atoms with Gasteiger partial charge in [-0.3, -0.25) is 9.59 Å². The molecule has 0 saturated carbocycles. The smallest absolute Gasteiger partial charge is 0.326 e. The third-order valence-electron chi connectivity index (χ3n) is 3.32. The van der Waals surface area contributed by atoms with E-state index in [0.29, 0.717) is 25.1 Å². The summed E-state index contributed by atoms with van der Waals surface area (Å²) in [6, 6.07) is -1.85. The Morgan fingerprint density at radius 1 is 1.33 bits per heavy atom. The third-order valence-corrected chi connectivity index (χ3v) is 3.32. The average Bonchev–Trinajstić information content (AvgIpc) is 3.04. The topological polar surface area (TPSA) is 176 Å². The largest absolute Gasteiger partial charge is 0.480 e. The van der Waals surface area contributed by atoms with Crippen molar-refractivity contribution in [3.8, 4) is 0 Å². The lowest BCUT2D eigenvalue weighted by molar-refractivity contribution is -0.142. The normalized spacial score (nSPS) is 13.1. The van der Waals surface area contributed by atoms with E-state index >= 15 is 0 Å². The van der Waals surface area contributed by atoms with Crippen molar-refractivity contribution < 1.29 is 19.5 Å². The number of H-pyrrole nitrogens is 1. The van der Waals surface area contributed by atoms with Crippen molar-refractivity contribution in [3.63, 3.8) is 0 Å². The van der Waals surface area contributed by atoms with E-state index in [1.165, 1.54) is 6.33 Å². The zero-order valence-corrected chi connectivity index (χ0v) is 13.3. The maximum absolute atomic E-state index is 11.8. The number of carbonyl (C=O) groups excluding carboxylic acids is 2. The molecule has 8 N–H and O–H groups in total. The standard InChI is InChI=1S/C14H24N6O4/c15-4-2-1-3-11(14(23)24)20-12(21)7-18-13(22)10(16)5-9-6-17-8-19-9/h6,8,10-11H,1-5,7,15-16H2,(H,17,19)(H,18,22)(H,20,21)(H,23,24)/t10-,11-/m0/s1. The lowest BCUT2D eigenvalue weighted by Gasteiger charge is -2.15. The van der Waals surface area contributed by atoms with Crippen LogP contribution in [0.1, 0.15) is 25.0 Å². The van der Waals surface area contributed by atoms with Gasteiger partial charge in [0, 0.05) is 12.6 Å². The Morgan fingerprint density at radius 3 is 2.67 bits per heavy atom. The number of carbonyl (C=O) groups is 3. The molecule has 0 saturated heterocycles. The zero-order valence-electron chi connectivity index (χ0n) is 13.3. The molecule has 0 aromatic carbocycles. The van der Waals surface area contributed by atoms with Crippen LogP contribution in [0.25, 0.3) is 0 Å². The van der Waals surface area contributed by atoms with Crippen LogP contribution in [0.4, 0.5) is 0 Å². The molecule has 1 aromatic heterocycles. The first kappa shape index (κ1) is 19.6. The molecule has 0 bridgehead atoms. The van der Waals surface area contributed by atoms with Gasteiger partial charge in [0.2, 0.25) is 11.8 Å². The van der Waals surface area contributed by atoms with Gasteiger partial charge in [-0.05, 0) is 25.8 Å². The van der Waals surface area contributed by atoms with E-state index in [2.05, 4.69) is 20.6 Å². The highest BCUT2D eigenvalue weighted by atomic mass is 16.4. The number of aliphatic carboxylic acids is 1. The minimum Gasteiger partial charge on any atom is -0.480 e. The second kappa shape index (κ2) is 10.3. The van der Waals surface area contributed by atoms with Gasteiger partial charge in [-0.2, -0.15) is 0 Å². The molecule has 134 valence electrons. The van der Waals surface area contributed by atoms with E-state index in [0.717, 1.165) is 0 Å². The summed E-state index contributed by atoms with van der Waals surface area (Å²) >= 11 is 0. The van der Waals surface area contributed by atoms with Crippen molar-refractivity contribution in [1.82, 2.24) is 20.6 Å². The highest BCUT2D eigenvalue weighted by molar-refractivity contribution is 5.89. The van der Waals surface area contributed by atoms with Gasteiger partial charge in [0.05, 0.1) is 24.6 Å². The molecule has 24 heavy (non-hydrogen) atoms. The van der Waals surface area contributed by atoms with Crippen molar-refractivity contribution in [2.45, 2.75) is 37.8 Å². The van der Waals surface area contributed by atoms with Crippen LogP contribution in [0.15, 0.2) is 12.5 Å². The minimum absolute atomic E-state index is 0.230. The number of nitrogens with one attached hydrogen (secondary N) is 3. The second-order valence-corrected chi connectivity index (χ2v) is 5.33. The van der Waals surface area contributed by atoms with Crippen LogP contribution in [-0.4, -0.2) is 58.0 Å². The lowest BCUT2D eigenvalue weighted by atomic mass is 10.1. The predicted octanol–water partition coefficient (Wildman–Crippen LogP) is -1.91. The molecule has 1 rings (SSSR count). The van der Waals surface area contributed by atoms with Gasteiger partial charge < -0.3 is 32.2 Å². The fourth-order valence-corrected chi connectivity index (χ4v) is 2.01. The lowest BCUT2D eigenvalue weighted by Crippen LogP contribution is -2.49. The van der Waals surface area contributed by atoms with Crippen LogP contribution in [0.5, 0.6) is 0 Å². The van der Waals surface area contributed by atoms with Gasteiger partial charge in [0.1, 0.15) is 6.04 Å². The summed E-state index contributed by atoms with van der Waals surface area (Å²) in [5, 5.41) is 13.8. The van der Waals surface area contributed by atoms with E-state index in [1.807, 2.05) is 0 Å². The molecule has 2 amide bonds. The Morgan fingerprint density at radius 2 is 2.08 bits per heavy atom. The van der Waals surface area contributed by atoms with Gasteiger partial charge in [0.15, 0.2) is 0 Å². The van der Waals surface area contributed by atoms with E-state index in [9.17, 15) is 14.4 Å². The van der Waals surface area contributed by atoms with Crippen molar-refractivity contribution in [2.24, 2.45) is 11.5 Å². The van der Waals surface area contributed by atoms with Crippen LogP contribution < -0.4 is 22.1 Å². The Kier molecular flexibility index (Phi) is 8.44. The zero-order chi connectivity index (χ0) is 17.9. The number of carboxylic acid groups (broad SMARTS) is 1. The molecule has 0 fully saturated rings. The van der Waals surface area contributed by atoms with E-state index < -0.39 is 29.9 Å². The number of amides is 2. The molecular weight excluding hydrogens is 316 g/mol. The van der Waals surface area contributed by atoms with Crippen molar-refractivity contribution in [1.29, 1.82) is 0 Å². The molecule has 0 aliphatic carbocycles. The molecule has 1 aromatic rings. The van der Waals surface area contributed by atoms with Crippen molar-refractivity contribution in [3.05, 3.63) is 18.2 Å². The molecule has 0 radical (unpaired) electrons. The van der Waals surface area contributed by atoms with Gasteiger partial charge in [-0.1, -0.05) is 0 Å². The number of rotatable bonds is 11. The summed E-state index contributed by atoms with van der Waals surface area (Å²) in [6.07, 6.45) is 4.88. The molecule has 10 heteroatoms. The van der Waals surface area contributed by atoms with Gasteiger partial charge in [0.25, 0.3) is 0 Å². The Hall–Kier alpha value is -2.46. The summed E-state index contributed by atoms with van der Waals surface area (Å²) in [5.41, 5.74) is 11.7. The van der Waals surface area contributed by atoms with Crippen molar-refractivity contribution >= 4 is 17.8 Å². The number of carboxylic acids is 1. The molecular formula is C14H24N6O4. The van der Waals surface area contributed by atoms with Gasteiger partial charge >= 0.3 is 5.97 Å². The fraction of sp³-hybridized carbons (Fsp3) is 0.571. The quantitative estimate of drug-likeness (QED) is 0.255. The van der Waals surface area contributed by atoms with E-state index in [-0.39, 0.29) is 19.4 Å². The van der Waals surface area contributed by atoms with Crippen molar-refractivity contribution in [2.75, 3.05) is 13.1 Å². The summed E-state index contributed by atoms with van der Waals surface area (Å²) in [6.45, 7) is 0.123. The number of imidazole rings is 1. The number of unbranched alkanes of at least 4 members (excludes halogenated alkanes) is 1. The van der Waals surface area contributed by atoms with E-state index in [4.69, 9.17) is 16.6 Å². The Labute approximate surface area is 139 Å². The molecule has 2 atom stereocenters. The SMILES string of the molecule is NCCCC[C@H](NC(=O)CNC(=O)[C@@H](N)Cc1c[nH]cn1)C(=O)O. The van der Waals surface area contributed by atoms with Gasteiger partial charge in [-0.25, -0.2) is 9.78 Å². The fourth-order valence-electron chi connectivity index (χ4n) is 2.01. The number of nitrogens with zero attached hydrogens (tertiary/aromatic N) is 1. The number of nitrogens with two attached hydrogens (primary N) is 2. The first-order valence-electron chi connectivity index (χ1n) is 7.67. The molecule has 10 nitrogen and oxygen atoms in total. The molecule has 0 unspecified atom stereocenters. The number of hydrogen-bond acceptors (Lipinski definition) is 6. The molecule has 0 aliphatic rings. The highest BCUT2D eigenvalue weighted by Crippen LogP contribution is 2.00. The predicted molar refractivity (Wildman–Crippen MR) is 85.7 cm³/mol. The number of aromatic nitrogens is 2. The monoisotopic (exact) mass is 340 g/mol. The number of hydrogen-bond donors (Lipinski definition) is 6. The first-order valence-corrected chi connectivity index (χ1v) is 7.67.